The molecule has 1 aromatic rings. The number of carbonyl (C=O) groups is 1. The Labute approximate surface area is 112 Å². The first-order valence-electron chi connectivity index (χ1n) is 5.95. The molecule has 0 spiro atoms. The second-order valence-corrected chi connectivity index (χ2v) is 5.86. The van der Waals surface area contributed by atoms with Crippen LogP contribution in [-0.2, 0) is 21.2 Å². The maximum Gasteiger partial charge on any atom is 0.323 e. The van der Waals surface area contributed by atoms with Crippen LogP contribution in [0.15, 0.2) is 29.2 Å². The van der Waals surface area contributed by atoms with E-state index in [1.54, 1.807) is 12.1 Å². The smallest absolute Gasteiger partial charge is 0.323 e. The molecule has 0 bridgehead atoms. The standard InChI is InChI=1S/C12H18N2O4S/c1-2-3-9-4-6-10(7-5-9)19(17,18)14-11(8-13)12(15)16/h4-7,11,14H,2-3,8,13H2,1H3,(H,15,16). The maximum absolute atomic E-state index is 11.9. The summed E-state index contributed by atoms with van der Waals surface area (Å²) in [6.45, 7) is 1.73. The zero-order valence-electron chi connectivity index (χ0n) is 10.7. The summed E-state index contributed by atoms with van der Waals surface area (Å²) < 4.78 is 25.9. The molecule has 1 aromatic carbocycles. The van der Waals surface area contributed by atoms with E-state index in [1.807, 2.05) is 6.92 Å². The largest absolute Gasteiger partial charge is 0.480 e. The molecule has 4 N–H and O–H groups in total. The number of hydrogen-bond acceptors (Lipinski definition) is 4. The van der Waals surface area contributed by atoms with Crippen molar-refractivity contribution in [2.45, 2.75) is 30.7 Å². The van der Waals surface area contributed by atoms with Crippen LogP contribution in [0, 0.1) is 0 Å². The number of nitrogens with two attached hydrogens (primary N) is 1. The molecule has 1 unspecified atom stereocenters. The van der Waals surface area contributed by atoms with Crippen LogP contribution in [0.2, 0.25) is 0 Å². The van der Waals surface area contributed by atoms with Crippen molar-refractivity contribution in [3.8, 4) is 0 Å². The van der Waals surface area contributed by atoms with E-state index in [0.717, 1.165) is 18.4 Å². The highest BCUT2D eigenvalue weighted by molar-refractivity contribution is 7.89. The molecule has 0 aliphatic heterocycles. The van der Waals surface area contributed by atoms with Gasteiger partial charge in [0, 0.05) is 6.54 Å². The minimum atomic E-state index is -3.86. The molecule has 1 rings (SSSR count). The molecular formula is C12H18N2O4S. The number of aryl methyl sites for hydroxylation is 1. The fourth-order valence-corrected chi connectivity index (χ4v) is 2.78. The second-order valence-electron chi connectivity index (χ2n) is 4.14. The molecule has 106 valence electrons. The topological polar surface area (TPSA) is 109 Å². The van der Waals surface area contributed by atoms with Gasteiger partial charge in [-0.2, -0.15) is 4.72 Å². The Bertz CT molecular complexity index is 525. The van der Waals surface area contributed by atoms with Gasteiger partial charge in [-0.25, -0.2) is 8.42 Å². The zero-order valence-corrected chi connectivity index (χ0v) is 11.5. The average Bonchev–Trinajstić information content (AvgIpc) is 2.37. The number of rotatable bonds is 7. The number of nitrogens with one attached hydrogen (secondary N) is 1. The first kappa shape index (κ1) is 15.6. The molecule has 0 aliphatic rings. The summed E-state index contributed by atoms with van der Waals surface area (Å²) in [7, 11) is -3.86. The van der Waals surface area contributed by atoms with Gasteiger partial charge in [-0.1, -0.05) is 25.5 Å². The molecular weight excluding hydrogens is 268 g/mol. The molecule has 19 heavy (non-hydrogen) atoms. The van der Waals surface area contributed by atoms with Crippen LogP contribution in [0.1, 0.15) is 18.9 Å². The number of benzene rings is 1. The van der Waals surface area contributed by atoms with Gasteiger partial charge in [0.1, 0.15) is 6.04 Å². The molecule has 1 atom stereocenters. The number of carboxylic acid groups (broad SMARTS) is 1. The Morgan fingerprint density at radius 1 is 1.37 bits per heavy atom. The van der Waals surface area contributed by atoms with Crippen molar-refractivity contribution in [2.75, 3.05) is 6.54 Å². The minimum absolute atomic E-state index is 0.0343. The summed E-state index contributed by atoms with van der Waals surface area (Å²) in [6, 6.07) is 5.04. The first-order chi connectivity index (χ1) is 8.90. The Morgan fingerprint density at radius 3 is 2.37 bits per heavy atom. The van der Waals surface area contributed by atoms with Gasteiger partial charge in [0.2, 0.25) is 10.0 Å². The molecule has 0 heterocycles. The Morgan fingerprint density at radius 2 is 1.95 bits per heavy atom. The van der Waals surface area contributed by atoms with Crippen molar-refractivity contribution in [1.82, 2.24) is 4.72 Å². The van der Waals surface area contributed by atoms with E-state index in [0.29, 0.717) is 0 Å². The van der Waals surface area contributed by atoms with Crippen LogP contribution >= 0.6 is 0 Å². The molecule has 6 nitrogen and oxygen atoms in total. The third kappa shape index (κ3) is 4.30. The lowest BCUT2D eigenvalue weighted by atomic mass is 10.1. The number of sulfonamides is 1. The highest BCUT2D eigenvalue weighted by Crippen LogP contribution is 2.12. The lowest BCUT2D eigenvalue weighted by Crippen LogP contribution is -2.45. The van der Waals surface area contributed by atoms with Crippen molar-refractivity contribution in [3.05, 3.63) is 29.8 Å². The van der Waals surface area contributed by atoms with E-state index in [2.05, 4.69) is 4.72 Å². The molecule has 0 aromatic heterocycles. The fraction of sp³-hybridized carbons (Fsp3) is 0.417. The predicted octanol–water partition coefficient (Wildman–Crippen LogP) is 0.329. The van der Waals surface area contributed by atoms with Gasteiger partial charge < -0.3 is 10.8 Å². The first-order valence-corrected chi connectivity index (χ1v) is 7.43. The molecule has 0 radical (unpaired) electrons. The summed E-state index contributed by atoms with van der Waals surface area (Å²) in [5, 5.41) is 8.79. The molecule has 0 saturated heterocycles. The Hall–Kier alpha value is -1.44. The number of hydrogen-bond donors (Lipinski definition) is 3. The van der Waals surface area contributed by atoms with E-state index in [4.69, 9.17) is 10.8 Å². The van der Waals surface area contributed by atoms with Crippen LogP contribution in [0.25, 0.3) is 0 Å². The summed E-state index contributed by atoms with van der Waals surface area (Å²) >= 11 is 0. The van der Waals surface area contributed by atoms with Crippen LogP contribution in [0.3, 0.4) is 0 Å². The van der Waals surface area contributed by atoms with Gasteiger partial charge in [-0.3, -0.25) is 4.79 Å². The second kappa shape index (κ2) is 6.65. The number of aliphatic carboxylic acids is 1. The van der Waals surface area contributed by atoms with E-state index in [1.165, 1.54) is 12.1 Å². The quantitative estimate of drug-likeness (QED) is 0.669. The van der Waals surface area contributed by atoms with Crippen LogP contribution in [0.5, 0.6) is 0 Å². The summed E-state index contributed by atoms with van der Waals surface area (Å²) in [5.41, 5.74) is 6.25. The van der Waals surface area contributed by atoms with Crippen molar-refractivity contribution in [1.29, 1.82) is 0 Å². The summed E-state index contributed by atoms with van der Waals surface area (Å²) in [6.07, 6.45) is 1.84. The van der Waals surface area contributed by atoms with E-state index >= 15 is 0 Å². The van der Waals surface area contributed by atoms with Gasteiger partial charge in [-0.15, -0.1) is 0 Å². The summed E-state index contributed by atoms with van der Waals surface area (Å²) in [4.78, 5) is 10.8. The van der Waals surface area contributed by atoms with Gasteiger partial charge in [0.05, 0.1) is 4.90 Å². The number of carboxylic acids is 1. The van der Waals surface area contributed by atoms with Crippen molar-refractivity contribution in [3.63, 3.8) is 0 Å². The fourth-order valence-electron chi connectivity index (χ4n) is 1.58. The van der Waals surface area contributed by atoms with Gasteiger partial charge in [0.15, 0.2) is 0 Å². The highest BCUT2D eigenvalue weighted by atomic mass is 32.2. The molecule has 0 saturated carbocycles. The molecule has 7 heteroatoms. The van der Waals surface area contributed by atoms with E-state index < -0.39 is 22.0 Å². The third-order valence-corrected chi connectivity index (χ3v) is 4.09. The zero-order chi connectivity index (χ0) is 14.5. The Kier molecular flexibility index (Phi) is 5.46. The normalized spacial score (nSPS) is 13.2. The third-order valence-electron chi connectivity index (χ3n) is 2.60. The van der Waals surface area contributed by atoms with Gasteiger partial charge in [0.25, 0.3) is 0 Å². The lowest BCUT2D eigenvalue weighted by molar-refractivity contribution is -0.138. The molecule has 0 fully saturated rings. The predicted molar refractivity (Wildman–Crippen MR) is 71.2 cm³/mol. The van der Waals surface area contributed by atoms with E-state index in [9.17, 15) is 13.2 Å². The van der Waals surface area contributed by atoms with Crippen LogP contribution in [0.4, 0.5) is 0 Å². The molecule has 0 aliphatic carbocycles. The molecule has 0 amide bonds. The van der Waals surface area contributed by atoms with Crippen molar-refractivity contribution < 1.29 is 18.3 Å². The monoisotopic (exact) mass is 286 g/mol. The van der Waals surface area contributed by atoms with Crippen LogP contribution < -0.4 is 10.5 Å². The van der Waals surface area contributed by atoms with E-state index in [-0.39, 0.29) is 11.4 Å². The average molecular weight is 286 g/mol. The maximum atomic E-state index is 11.9. The lowest BCUT2D eigenvalue weighted by Gasteiger charge is -2.12. The highest BCUT2D eigenvalue weighted by Gasteiger charge is 2.23. The van der Waals surface area contributed by atoms with Gasteiger partial charge in [-0.05, 0) is 24.1 Å². The van der Waals surface area contributed by atoms with Crippen LogP contribution in [-0.4, -0.2) is 32.1 Å². The Balaban J connectivity index is 2.90. The van der Waals surface area contributed by atoms with Gasteiger partial charge >= 0.3 is 5.97 Å². The SMILES string of the molecule is CCCc1ccc(S(=O)(=O)NC(CN)C(=O)O)cc1. The minimum Gasteiger partial charge on any atom is -0.480 e. The van der Waals surface area contributed by atoms with Crippen molar-refractivity contribution in [2.24, 2.45) is 5.73 Å². The summed E-state index contributed by atoms with van der Waals surface area (Å²) in [5.74, 6) is -1.30. The van der Waals surface area contributed by atoms with Crippen molar-refractivity contribution >= 4 is 16.0 Å².